The lowest BCUT2D eigenvalue weighted by atomic mass is 10.2. The summed E-state index contributed by atoms with van der Waals surface area (Å²) in [5.41, 5.74) is 1.86. The number of halogens is 2. The van der Waals surface area contributed by atoms with Crippen molar-refractivity contribution in [3.63, 3.8) is 0 Å². The van der Waals surface area contributed by atoms with Crippen LogP contribution < -0.4 is 15.0 Å². The van der Waals surface area contributed by atoms with Gasteiger partial charge in [0.05, 0.1) is 48.5 Å². The second-order valence-electron chi connectivity index (χ2n) is 6.52. The highest BCUT2D eigenvalue weighted by Crippen LogP contribution is 2.24. The minimum Gasteiger partial charge on any atom is -0.492 e. The van der Waals surface area contributed by atoms with Gasteiger partial charge in [-0.15, -0.1) is 0 Å². The van der Waals surface area contributed by atoms with Crippen LogP contribution in [-0.2, 0) is 6.54 Å². The van der Waals surface area contributed by atoms with Gasteiger partial charge >= 0.3 is 6.03 Å². The fourth-order valence-electron chi connectivity index (χ4n) is 3.19. The Kier molecular flexibility index (Phi) is 6.83. The number of rotatable bonds is 5. The molecule has 3 rings (SSSR count). The summed E-state index contributed by atoms with van der Waals surface area (Å²) >= 11 is 12.1. The molecule has 0 aliphatic carbocycles. The van der Waals surface area contributed by atoms with Crippen LogP contribution >= 0.6 is 23.2 Å². The molecule has 1 fully saturated rings. The maximum Gasteiger partial charge on any atom is 0.322 e. The highest BCUT2D eigenvalue weighted by Gasteiger charge is 2.24. The van der Waals surface area contributed by atoms with Gasteiger partial charge in [0.15, 0.2) is 0 Å². The van der Waals surface area contributed by atoms with Gasteiger partial charge in [0.1, 0.15) is 12.3 Å². The number of carbonyl (C=O) groups excluding carboxylic acids is 1. The van der Waals surface area contributed by atoms with E-state index in [9.17, 15) is 4.79 Å². The van der Waals surface area contributed by atoms with Crippen LogP contribution in [0.25, 0.3) is 0 Å². The van der Waals surface area contributed by atoms with E-state index in [-0.39, 0.29) is 6.03 Å². The zero-order valence-corrected chi connectivity index (χ0v) is 16.8. The molecule has 2 aromatic carbocycles. The summed E-state index contributed by atoms with van der Waals surface area (Å²) < 4.78 is 5.57. The molecule has 1 heterocycles. The first-order valence-electron chi connectivity index (χ1n) is 9.12. The molecule has 144 valence electrons. The maximum absolute atomic E-state index is 12.6. The van der Waals surface area contributed by atoms with Crippen LogP contribution in [0.3, 0.4) is 0 Å². The first kappa shape index (κ1) is 19.8. The van der Waals surface area contributed by atoms with Crippen molar-refractivity contribution in [1.82, 2.24) is 4.90 Å². The third kappa shape index (κ3) is 5.28. The van der Waals surface area contributed by atoms with Crippen LogP contribution in [0.1, 0.15) is 12.5 Å². The number of para-hydroxylation sites is 2. The number of quaternary nitrogens is 1. The summed E-state index contributed by atoms with van der Waals surface area (Å²) in [6.07, 6.45) is 0. The topological polar surface area (TPSA) is 46.0 Å². The average molecular weight is 409 g/mol. The van der Waals surface area contributed by atoms with E-state index in [4.69, 9.17) is 27.9 Å². The highest BCUT2D eigenvalue weighted by molar-refractivity contribution is 6.42. The Morgan fingerprint density at radius 2 is 1.89 bits per heavy atom. The summed E-state index contributed by atoms with van der Waals surface area (Å²) in [5.74, 6) is 0.692. The van der Waals surface area contributed by atoms with Crippen molar-refractivity contribution in [2.75, 3.05) is 38.1 Å². The van der Waals surface area contributed by atoms with E-state index in [0.29, 0.717) is 41.2 Å². The summed E-state index contributed by atoms with van der Waals surface area (Å²) in [4.78, 5) is 15.9. The average Bonchev–Trinajstić information content (AvgIpc) is 2.67. The number of benzene rings is 2. The fraction of sp³-hybridized carbons (Fsp3) is 0.350. The lowest BCUT2D eigenvalue weighted by Gasteiger charge is -2.32. The number of nitrogens with zero attached hydrogens (tertiary/aromatic N) is 1. The Bertz CT molecular complexity index is 793. The summed E-state index contributed by atoms with van der Waals surface area (Å²) in [6.45, 7) is 6.55. The minimum atomic E-state index is -0.0873. The SMILES string of the molecule is CCOc1ccccc1NC(=O)N1CC[NH+](Cc2ccc(Cl)c(Cl)c2)CC1. The molecule has 0 saturated carbocycles. The molecule has 0 radical (unpaired) electrons. The zero-order valence-electron chi connectivity index (χ0n) is 15.3. The second kappa shape index (κ2) is 9.31. The lowest BCUT2D eigenvalue weighted by molar-refractivity contribution is -0.917. The van der Waals surface area contributed by atoms with Gasteiger partial charge in [-0.05, 0) is 31.2 Å². The third-order valence-electron chi connectivity index (χ3n) is 4.62. The Morgan fingerprint density at radius 1 is 1.15 bits per heavy atom. The number of hydrogen-bond acceptors (Lipinski definition) is 2. The number of hydrogen-bond donors (Lipinski definition) is 2. The fourth-order valence-corrected chi connectivity index (χ4v) is 3.51. The minimum absolute atomic E-state index is 0.0873. The molecule has 1 aliphatic rings. The van der Waals surface area contributed by atoms with Gasteiger partial charge in [0.25, 0.3) is 0 Å². The van der Waals surface area contributed by atoms with Crippen molar-refractivity contribution in [2.45, 2.75) is 13.5 Å². The molecule has 27 heavy (non-hydrogen) atoms. The molecular weight excluding hydrogens is 385 g/mol. The van der Waals surface area contributed by atoms with Crippen molar-refractivity contribution in [3.8, 4) is 5.75 Å². The first-order chi connectivity index (χ1) is 13.1. The maximum atomic E-state index is 12.6. The normalized spacial score (nSPS) is 14.9. The van der Waals surface area contributed by atoms with E-state index < -0.39 is 0 Å². The van der Waals surface area contributed by atoms with E-state index in [1.807, 2.05) is 54.3 Å². The van der Waals surface area contributed by atoms with Crippen molar-refractivity contribution in [1.29, 1.82) is 0 Å². The zero-order chi connectivity index (χ0) is 19.2. The number of nitrogens with one attached hydrogen (secondary N) is 2. The number of amides is 2. The number of urea groups is 1. The Morgan fingerprint density at radius 3 is 2.59 bits per heavy atom. The van der Waals surface area contributed by atoms with Gasteiger partial charge in [-0.25, -0.2) is 4.79 Å². The summed E-state index contributed by atoms with van der Waals surface area (Å²) in [5, 5.41) is 4.12. The Balaban J connectivity index is 1.52. The quantitative estimate of drug-likeness (QED) is 0.796. The van der Waals surface area contributed by atoms with Gasteiger partial charge < -0.3 is 19.9 Å². The monoisotopic (exact) mass is 408 g/mol. The van der Waals surface area contributed by atoms with Gasteiger partial charge in [-0.2, -0.15) is 0 Å². The molecule has 2 amide bonds. The van der Waals surface area contributed by atoms with E-state index in [0.717, 1.165) is 25.2 Å². The molecule has 0 bridgehead atoms. The molecule has 7 heteroatoms. The number of anilines is 1. The molecule has 5 nitrogen and oxygen atoms in total. The largest absolute Gasteiger partial charge is 0.492 e. The van der Waals surface area contributed by atoms with Crippen LogP contribution in [0.4, 0.5) is 10.5 Å². The highest BCUT2D eigenvalue weighted by atomic mass is 35.5. The molecular formula is C20H24Cl2N3O2+. The molecule has 0 unspecified atom stereocenters. The number of piperazine rings is 1. The van der Waals surface area contributed by atoms with Gasteiger partial charge in [-0.3, -0.25) is 0 Å². The van der Waals surface area contributed by atoms with Crippen LogP contribution in [0.5, 0.6) is 5.75 Å². The van der Waals surface area contributed by atoms with Crippen LogP contribution in [0.2, 0.25) is 10.0 Å². The van der Waals surface area contributed by atoms with Crippen molar-refractivity contribution >= 4 is 34.9 Å². The van der Waals surface area contributed by atoms with Crippen molar-refractivity contribution in [2.24, 2.45) is 0 Å². The van der Waals surface area contributed by atoms with Gasteiger partial charge in [0.2, 0.25) is 0 Å². The molecule has 0 atom stereocenters. The molecule has 0 aromatic heterocycles. The van der Waals surface area contributed by atoms with Crippen LogP contribution in [0.15, 0.2) is 42.5 Å². The summed E-state index contributed by atoms with van der Waals surface area (Å²) in [7, 11) is 0. The summed E-state index contributed by atoms with van der Waals surface area (Å²) in [6, 6.07) is 13.2. The van der Waals surface area contributed by atoms with E-state index in [1.165, 1.54) is 4.90 Å². The van der Waals surface area contributed by atoms with Crippen molar-refractivity contribution in [3.05, 3.63) is 58.1 Å². The van der Waals surface area contributed by atoms with Crippen molar-refractivity contribution < 1.29 is 14.4 Å². The molecule has 0 spiro atoms. The van der Waals surface area contributed by atoms with E-state index in [1.54, 1.807) is 0 Å². The third-order valence-corrected chi connectivity index (χ3v) is 5.36. The standard InChI is InChI=1S/C20H23Cl2N3O2/c1-2-27-19-6-4-3-5-18(19)23-20(26)25-11-9-24(10-12-25)14-15-7-8-16(21)17(22)13-15/h3-8,13H,2,9-12,14H2,1H3,(H,23,26)/p+1. The van der Waals surface area contributed by atoms with Gasteiger partial charge in [-0.1, -0.05) is 41.4 Å². The van der Waals surface area contributed by atoms with E-state index in [2.05, 4.69) is 5.32 Å². The Hall–Kier alpha value is -1.95. The number of ether oxygens (including phenoxy) is 1. The Labute approximate surface area is 169 Å². The predicted molar refractivity (Wildman–Crippen MR) is 109 cm³/mol. The first-order valence-corrected chi connectivity index (χ1v) is 9.87. The molecule has 2 aromatic rings. The molecule has 2 N–H and O–H groups in total. The van der Waals surface area contributed by atoms with Gasteiger partial charge in [0, 0.05) is 5.56 Å². The number of carbonyl (C=O) groups is 1. The van der Waals surface area contributed by atoms with Crippen LogP contribution in [-0.4, -0.2) is 43.7 Å². The van der Waals surface area contributed by atoms with E-state index >= 15 is 0 Å². The van der Waals surface area contributed by atoms with Crippen LogP contribution in [0, 0.1) is 0 Å². The smallest absolute Gasteiger partial charge is 0.322 e. The predicted octanol–water partition coefficient (Wildman–Crippen LogP) is 3.32. The second-order valence-corrected chi connectivity index (χ2v) is 7.34. The molecule has 1 aliphatic heterocycles. The lowest BCUT2D eigenvalue weighted by Crippen LogP contribution is -3.13. The molecule has 1 saturated heterocycles.